The van der Waals surface area contributed by atoms with Crippen LogP contribution in [0.15, 0.2) is 38.2 Å². The van der Waals surface area contributed by atoms with Crippen molar-refractivity contribution in [1.82, 2.24) is 19.4 Å². The maximum atomic E-state index is 13.3. The van der Waals surface area contributed by atoms with Gasteiger partial charge in [0.25, 0.3) is 5.56 Å². The number of benzene rings is 1. The van der Waals surface area contributed by atoms with E-state index in [4.69, 9.17) is 0 Å². The Balaban J connectivity index is 2.20. The Hall–Kier alpha value is -2.39. The van der Waals surface area contributed by atoms with Gasteiger partial charge in [0, 0.05) is 6.04 Å². The highest BCUT2D eigenvalue weighted by molar-refractivity contribution is 8.00. The third kappa shape index (κ3) is 4.30. The molecular weight excluding hydrogens is 408 g/mol. The zero-order valence-corrected chi connectivity index (χ0v) is 18.5. The standard InChI is InChI=1S/C20H24N4O3S2/c1-5-12(3)21-15(25)11-23-17-16(29-19(22-17)28-4)18(26)24(20(23)27)14-9-7-13(6-2)8-10-14/h7-10,12H,5-6,11H2,1-4H3,(H,21,25)/t12-/m0/s1. The van der Waals surface area contributed by atoms with Crippen LogP contribution in [-0.2, 0) is 17.8 Å². The topological polar surface area (TPSA) is 86.0 Å². The molecule has 1 N–H and O–H groups in total. The van der Waals surface area contributed by atoms with Gasteiger partial charge in [0.15, 0.2) is 9.99 Å². The lowest BCUT2D eigenvalue weighted by Crippen LogP contribution is -2.43. The van der Waals surface area contributed by atoms with E-state index in [1.54, 1.807) is 12.1 Å². The Bertz CT molecular complexity index is 1150. The van der Waals surface area contributed by atoms with Crippen molar-refractivity contribution in [1.29, 1.82) is 0 Å². The number of carbonyl (C=O) groups is 1. The van der Waals surface area contributed by atoms with E-state index in [1.807, 2.05) is 39.2 Å². The molecule has 3 aromatic rings. The second kappa shape index (κ2) is 8.96. The summed E-state index contributed by atoms with van der Waals surface area (Å²) in [6, 6.07) is 7.30. The molecule has 154 valence electrons. The maximum Gasteiger partial charge on any atom is 0.337 e. The number of nitrogens with one attached hydrogen (secondary N) is 1. The molecule has 0 bridgehead atoms. The molecular formula is C20H24N4O3S2. The number of thioether (sulfide) groups is 1. The predicted octanol–water partition coefficient (Wildman–Crippen LogP) is 2.81. The monoisotopic (exact) mass is 432 g/mol. The first kappa shape index (κ1) is 21.3. The molecule has 9 heteroatoms. The smallest absolute Gasteiger partial charge is 0.337 e. The molecule has 0 spiro atoms. The van der Waals surface area contributed by atoms with Crippen LogP contribution in [0.1, 0.15) is 32.8 Å². The second-order valence-electron chi connectivity index (χ2n) is 6.74. The number of hydrogen-bond acceptors (Lipinski definition) is 6. The van der Waals surface area contributed by atoms with Gasteiger partial charge in [-0.15, -0.1) is 11.3 Å². The molecule has 1 atom stereocenters. The Labute approximate surface area is 176 Å². The third-order valence-corrected chi connectivity index (χ3v) is 6.78. The fraction of sp³-hybridized carbons (Fsp3) is 0.400. The second-order valence-corrected chi connectivity index (χ2v) is 8.80. The minimum absolute atomic E-state index is 0.00150. The van der Waals surface area contributed by atoms with Crippen molar-refractivity contribution in [3.05, 3.63) is 50.7 Å². The molecule has 0 saturated carbocycles. The van der Waals surface area contributed by atoms with Gasteiger partial charge in [0.05, 0.1) is 5.69 Å². The number of amides is 1. The van der Waals surface area contributed by atoms with Crippen molar-refractivity contribution >= 4 is 39.4 Å². The van der Waals surface area contributed by atoms with Gasteiger partial charge in [-0.05, 0) is 43.7 Å². The van der Waals surface area contributed by atoms with Crippen LogP contribution in [-0.4, -0.2) is 32.3 Å². The molecule has 3 rings (SSSR count). The largest absolute Gasteiger partial charge is 0.352 e. The van der Waals surface area contributed by atoms with Gasteiger partial charge in [0.1, 0.15) is 11.2 Å². The normalized spacial score (nSPS) is 12.3. The van der Waals surface area contributed by atoms with E-state index in [9.17, 15) is 14.4 Å². The van der Waals surface area contributed by atoms with Gasteiger partial charge in [-0.1, -0.05) is 37.7 Å². The minimum Gasteiger partial charge on any atom is -0.352 e. The lowest BCUT2D eigenvalue weighted by molar-refractivity contribution is -0.122. The number of rotatable bonds is 7. The predicted molar refractivity (Wildman–Crippen MR) is 119 cm³/mol. The molecule has 0 aliphatic rings. The highest BCUT2D eigenvalue weighted by Crippen LogP contribution is 2.25. The summed E-state index contributed by atoms with van der Waals surface area (Å²) in [5.41, 5.74) is 0.873. The van der Waals surface area contributed by atoms with Gasteiger partial charge >= 0.3 is 5.69 Å². The Morgan fingerprint density at radius 3 is 2.52 bits per heavy atom. The molecule has 7 nitrogen and oxygen atoms in total. The van der Waals surface area contributed by atoms with Crippen molar-refractivity contribution in [2.24, 2.45) is 0 Å². The van der Waals surface area contributed by atoms with E-state index in [2.05, 4.69) is 10.3 Å². The van der Waals surface area contributed by atoms with E-state index in [0.717, 1.165) is 23.0 Å². The lowest BCUT2D eigenvalue weighted by atomic mass is 10.1. The van der Waals surface area contributed by atoms with Crippen molar-refractivity contribution in [3.63, 3.8) is 0 Å². The quantitative estimate of drug-likeness (QED) is 0.580. The first-order chi connectivity index (χ1) is 13.9. The first-order valence-corrected chi connectivity index (χ1v) is 11.5. The fourth-order valence-electron chi connectivity index (χ4n) is 2.92. The zero-order chi connectivity index (χ0) is 21.1. The average Bonchev–Trinajstić information content (AvgIpc) is 3.16. The molecule has 1 amide bonds. The van der Waals surface area contributed by atoms with E-state index < -0.39 is 11.2 Å². The number of nitrogens with zero attached hydrogens (tertiary/aromatic N) is 3. The molecule has 0 radical (unpaired) electrons. The van der Waals surface area contributed by atoms with Gasteiger partial charge in [-0.3, -0.25) is 14.2 Å². The van der Waals surface area contributed by atoms with Crippen LogP contribution in [0, 0.1) is 0 Å². The highest BCUT2D eigenvalue weighted by atomic mass is 32.2. The Morgan fingerprint density at radius 2 is 1.93 bits per heavy atom. The van der Waals surface area contributed by atoms with Crippen molar-refractivity contribution in [3.8, 4) is 5.69 Å². The molecule has 2 heterocycles. The minimum atomic E-state index is -0.566. The van der Waals surface area contributed by atoms with Crippen LogP contribution in [0.2, 0.25) is 0 Å². The van der Waals surface area contributed by atoms with Gasteiger partial charge in [-0.2, -0.15) is 0 Å². The lowest BCUT2D eigenvalue weighted by Gasteiger charge is -2.14. The zero-order valence-electron chi connectivity index (χ0n) is 16.9. The summed E-state index contributed by atoms with van der Waals surface area (Å²) in [5, 5.41) is 2.86. The van der Waals surface area contributed by atoms with Crippen LogP contribution >= 0.6 is 23.1 Å². The number of aryl methyl sites for hydroxylation is 1. The summed E-state index contributed by atoms with van der Waals surface area (Å²) in [4.78, 5) is 43.3. The number of fused-ring (bicyclic) bond motifs is 1. The molecule has 0 fully saturated rings. The third-order valence-electron chi connectivity index (χ3n) is 4.76. The molecule has 29 heavy (non-hydrogen) atoms. The number of carbonyl (C=O) groups excluding carboxylic acids is 1. The number of hydrogen-bond donors (Lipinski definition) is 1. The summed E-state index contributed by atoms with van der Waals surface area (Å²) in [5.74, 6) is -0.284. The van der Waals surface area contributed by atoms with Gasteiger partial charge < -0.3 is 5.32 Å². The summed E-state index contributed by atoms with van der Waals surface area (Å²) >= 11 is 2.64. The fourth-order valence-corrected chi connectivity index (χ4v) is 4.41. The van der Waals surface area contributed by atoms with Crippen molar-refractivity contribution in [2.45, 2.75) is 50.5 Å². The Morgan fingerprint density at radius 1 is 1.24 bits per heavy atom. The summed E-state index contributed by atoms with van der Waals surface area (Å²) in [6.07, 6.45) is 3.50. The van der Waals surface area contributed by atoms with Crippen LogP contribution in [0.3, 0.4) is 0 Å². The summed E-state index contributed by atoms with van der Waals surface area (Å²) in [6.45, 7) is 5.73. The SMILES string of the molecule is CCc1ccc(-n2c(=O)c3sc(SC)nc3n(CC(=O)N[C@@H](C)CC)c2=O)cc1. The first-order valence-electron chi connectivity index (χ1n) is 9.48. The summed E-state index contributed by atoms with van der Waals surface area (Å²) in [7, 11) is 0. The Kier molecular flexibility index (Phi) is 6.59. The number of thiazole rings is 1. The van der Waals surface area contributed by atoms with Gasteiger partial charge in [-0.25, -0.2) is 14.3 Å². The van der Waals surface area contributed by atoms with E-state index in [1.165, 1.54) is 27.7 Å². The highest BCUT2D eigenvalue weighted by Gasteiger charge is 2.20. The molecule has 2 aromatic heterocycles. The molecule has 0 aliphatic carbocycles. The van der Waals surface area contributed by atoms with E-state index >= 15 is 0 Å². The molecule has 0 aliphatic heterocycles. The van der Waals surface area contributed by atoms with Gasteiger partial charge in [0.2, 0.25) is 5.91 Å². The van der Waals surface area contributed by atoms with Crippen molar-refractivity contribution < 1.29 is 4.79 Å². The van der Waals surface area contributed by atoms with Crippen LogP contribution in [0.4, 0.5) is 0 Å². The average molecular weight is 433 g/mol. The summed E-state index contributed by atoms with van der Waals surface area (Å²) < 4.78 is 3.45. The number of aromatic nitrogens is 3. The maximum absolute atomic E-state index is 13.3. The van der Waals surface area contributed by atoms with Crippen LogP contribution in [0.5, 0.6) is 0 Å². The van der Waals surface area contributed by atoms with E-state index in [-0.39, 0.29) is 24.1 Å². The van der Waals surface area contributed by atoms with E-state index in [0.29, 0.717) is 14.7 Å². The molecule has 0 unspecified atom stereocenters. The van der Waals surface area contributed by atoms with Crippen LogP contribution in [0.25, 0.3) is 16.0 Å². The van der Waals surface area contributed by atoms with Crippen LogP contribution < -0.4 is 16.6 Å². The molecule has 0 saturated heterocycles. The van der Waals surface area contributed by atoms with Crippen molar-refractivity contribution in [2.75, 3.05) is 6.26 Å². The molecule has 1 aromatic carbocycles.